The normalized spacial score (nSPS) is 22.8. The predicted molar refractivity (Wildman–Crippen MR) is 85.9 cm³/mol. The van der Waals surface area contributed by atoms with Gasteiger partial charge in [0.05, 0.1) is 9.95 Å². The summed E-state index contributed by atoms with van der Waals surface area (Å²) in [7, 11) is 0. The summed E-state index contributed by atoms with van der Waals surface area (Å²) in [6.07, 6.45) is 7.15. The summed E-state index contributed by atoms with van der Waals surface area (Å²) >= 11 is 6.23. The first-order valence-electron chi connectivity index (χ1n) is 7.78. The molecule has 0 amide bonds. The van der Waals surface area contributed by atoms with E-state index >= 15 is 0 Å². The molecule has 5 heteroatoms. The third-order valence-corrected chi connectivity index (χ3v) is 4.71. The Morgan fingerprint density at radius 3 is 2.76 bits per heavy atom. The number of nitrogens with zero attached hydrogens (tertiary/aromatic N) is 1. The lowest BCUT2D eigenvalue weighted by Gasteiger charge is -2.26. The van der Waals surface area contributed by atoms with Crippen molar-refractivity contribution in [3.05, 3.63) is 38.9 Å². The van der Waals surface area contributed by atoms with Crippen LogP contribution < -0.4 is 5.32 Å². The van der Waals surface area contributed by atoms with Crippen molar-refractivity contribution in [2.45, 2.75) is 51.5 Å². The maximum atomic E-state index is 10.8. The van der Waals surface area contributed by atoms with Crippen molar-refractivity contribution in [3.8, 4) is 0 Å². The highest BCUT2D eigenvalue weighted by molar-refractivity contribution is 6.31. The Balaban J connectivity index is 2.12. The molecule has 2 unspecified atom stereocenters. The SMILES string of the molecule is CCNC1CCCCCC1Cc1ccc([N+](=O)[O-])cc1Cl. The molecular weight excluding hydrogens is 288 g/mol. The largest absolute Gasteiger partial charge is 0.314 e. The third-order valence-electron chi connectivity index (χ3n) is 4.35. The lowest BCUT2D eigenvalue weighted by Crippen LogP contribution is -2.36. The number of hydrogen-bond donors (Lipinski definition) is 1. The zero-order valence-corrected chi connectivity index (χ0v) is 13.2. The summed E-state index contributed by atoms with van der Waals surface area (Å²) in [5.74, 6) is 0.561. The van der Waals surface area contributed by atoms with Crippen LogP contribution >= 0.6 is 11.6 Å². The van der Waals surface area contributed by atoms with Crippen molar-refractivity contribution in [2.24, 2.45) is 5.92 Å². The van der Waals surface area contributed by atoms with Crippen LogP contribution in [0.15, 0.2) is 18.2 Å². The van der Waals surface area contributed by atoms with Crippen LogP contribution in [0.1, 0.15) is 44.6 Å². The summed E-state index contributed by atoms with van der Waals surface area (Å²) in [6.45, 7) is 3.12. The molecule has 116 valence electrons. The minimum absolute atomic E-state index is 0.0628. The third kappa shape index (κ3) is 4.42. The first-order valence-corrected chi connectivity index (χ1v) is 8.15. The number of rotatable bonds is 5. The van der Waals surface area contributed by atoms with Crippen LogP contribution in [0.2, 0.25) is 5.02 Å². The Labute approximate surface area is 131 Å². The standard InChI is InChI=1S/C16H23ClN2O2/c1-2-18-16-7-5-3-4-6-13(16)10-12-8-9-14(19(20)21)11-15(12)17/h8-9,11,13,16,18H,2-7,10H2,1H3. The number of hydrogen-bond acceptors (Lipinski definition) is 3. The van der Waals surface area contributed by atoms with Gasteiger partial charge in [-0.15, -0.1) is 0 Å². The van der Waals surface area contributed by atoms with Crippen molar-refractivity contribution in [2.75, 3.05) is 6.54 Å². The first-order chi connectivity index (χ1) is 10.1. The minimum atomic E-state index is -0.400. The van der Waals surface area contributed by atoms with Gasteiger partial charge in [0.15, 0.2) is 0 Å². The van der Waals surface area contributed by atoms with Crippen LogP contribution in [0.4, 0.5) is 5.69 Å². The summed E-state index contributed by atoms with van der Waals surface area (Å²) in [5.41, 5.74) is 1.09. The van der Waals surface area contributed by atoms with E-state index in [0.29, 0.717) is 17.0 Å². The topological polar surface area (TPSA) is 55.2 Å². The highest BCUT2D eigenvalue weighted by Gasteiger charge is 2.24. The molecule has 0 spiro atoms. The van der Waals surface area contributed by atoms with E-state index < -0.39 is 4.92 Å². The molecule has 1 fully saturated rings. The molecule has 2 rings (SSSR count). The van der Waals surface area contributed by atoms with E-state index in [1.165, 1.54) is 38.2 Å². The second kappa shape index (κ2) is 7.76. The molecule has 1 aromatic rings. The number of nitro benzene ring substituents is 1. The number of benzene rings is 1. The molecule has 2 atom stereocenters. The first kappa shape index (κ1) is 16.2. The average Bonchev–Trinajstić information content (AvgIpc) is 2.67. The van der Waals surface area contributed by atoms with Crippen LogP contribution in [0.25, 0.3) is 0 Å². The van der Waals surface area contributed by atoms with E-state index in [0.717, 1.165) is 18.5 Å². The molecule has 0 heterocycles. The van der Waals surface area contributed by atoms with Crippen molar-refractivity contribution in [3.63, 3.8) is 0 Å². The second-order valence-electron chi connectivity index (χ2n) is 5.80. The molecule has 1 aliphatic rings. The Hall–Kier alpha value is -1.13. The fourth-order valence-corrected chi connectivity index (χ4v) is 3.51. The maximum Gasteiger partial charge on any atom is 0.270 e. The molecule has 1 aliphatic carbocycles. The lowest BCUT2D eigenvalue weighted by atomic mass is 9.88. The van der Waals surface area contributed by atoms with Crippen LogP contribution in [0.3, 0.4) is 0 Å². The van der Waals surface area contributed by atoms with Gasteiger partial charge < -0.3 is 5.32 Å². The summed E-state index contributed by atoms with van der Waals surface area (Å²) in [5, 5.41) is 14.9. The zero-order valence-electron chi connectivity index (χ0n) is 12.5. The summed E-state index contributed by atoms with van der Waals surface area (Å²) < 4.78 is 0. The van der Waals surface area contributed by atoms with Gasteiger partial charge in [-0.3, -0.25) is 10.1 Å². The Morgan fingerprint density at radius 2 is 2.10 bits per heavy atom. The molecule has 0 saturated heterocycles. The van der Waals surface area contributed by atoms with Crippen molar-refractivity contribution in [1.82, 2.24) is 5.32 Å². The van der Waals surface area contributed by atoms with Gasteiger partial charge in [-0.1, -0.05) is 43.9 Å². The van der Waals surface area contributed by atoms with Crippen molar-refractivity contribution >= 4 is 17.3 Å². The fraction of sp³-hybridized carbons (Fsp3) is 0.625. The van der Waals surface area contributed by atoms with Gasteiger partial charge >= 0.3 is 0 Å². The minimum Gasteiger partial charge on any atom is -0.314 e. The monoisotopic (exact) mass is 310 g/mol. The highest BCUT2D eigenvalue weighted by Crippen LogP contribution is 2.30. The van der Waals surface area contributed by atoms with Crippen molar-refractivity contribution < 1.29 is 4.92 Å². The lowest BCUT2D eigenvalue weighted by molar-refractivity contribution is -0.384. The predicted octanol–water partition coefficient (Wildman–Crippen LogP) is 4.35. The van der Waals surface area contributed by atoms with Crippen LogP contribution in [0, 0.1) is 16.0 Å². The molecule has 0 bridgehead atoms. The summed E-state index contributed by atoms with van der Waals surface area (Å²) in [6, 6.07) is 5.37. The van der Waals surface area contributed by atoms with E-state index in [2.05, 4.69) is 12.2 Å². The molecule has 4 nitrogen and oxygen atoms in total. The molecule has 0 aliphatic heterocycles. The van der Waals surface area contributed by atoms with E-state index in [1.807, 2.05) is 6.07 Å². The van der Waals surface area contributed by atoms with Crippen molar-refractivity contribution in [1.29, 1.82) is 0 Å². The number of non-ortho nitro benzene ring substituents is 1. The maximum absolute atomic E-state index is 10.8. The fourth-order valence-electron chi connectivity index (χ4n) is 3.26. The van der Waals surface area contributed by atoms with E-state index in [-0.39, 0.29) is 5.69 Å². The van der Waals surface area contributed by atoms with Gasteiger partial charge in [-0.05, 0) is 37.3 Å². The Bertz CT molecular complexity index is 493. The van der Waals surface area contributed by atoms with Gasteiger partial charge in [0.1, 0.15) is 0 Å². The highest BCUT2D eigenvalue weighted by atomic mass is 35.5. The van der Waals surface area contributed by atoms with Gasteiger partial charge in [0, 0.05) is 18.2 Å². The Kier molecular flexibility index (Phi) is 6.00. The number of nitro groups is 1. The zero-order chi connectivity index (χ0) is 15.2. The molecule has 1 aromatic carbocycles. The molecule has 0 aromatic heterocycles. The summed E-state index contributed by atoms with van der Waals surface area (Å²) in [4.78, 5) is 10.4. The Morgan fingerprint density at radius 1 is 1.33 bits per heavy atom. The van der Waals surface area contributed by atoms with E-state index in [1.54, 1.807) is 6.07 Å². The molecule has 1 saturated carbocycles. The van der Waals surface area contributed by atoms with E-state index in [9.17, 15) is 10.1 Å². The van der Waals surface area contributed by atoms with Crippen LogP contribution in [-0.2, 0) is 6.42 Å². The molecule has 0 radical (unpaired) electrons. The molecule has 1 N–H and O–H groups in total. The molecular formula is C16H23ClN2O2. The van der Waals surface area contributed by atoms with Gasteiger partial charge in [-0.2, -0.15) is 0 Å². The quantitative estimate of drug-likeness (QED) is 0.500. The molecule has 21 heavy (non-hydrogen) atoms. The van der Waals surface area contributed by atoms with Crippen LogP contribution in [0.5, 0.6) is 0 Å². The second-order valence-corrected chi connectivity index (χ2v) is 6.21. The van der Waals surface area contributed by atoms with Gasteiger partial charge in [-0.25, -0.2) is 0 Å². The van der Waals surface area contributed by atoms with Crippen LogP contribution in [-0.4, -0.2) is 17.5 Å². The number of halogens is 1. The smallest absolute Gasteiger partial charge is 0.270 e. The number of nitrogens with one attached hydrogen (secondary N) is 1. The van der Waals surface area contributed by atoms with E-state index in [4.69, 9.17) is 11.6 Å². The van der Waals surface area contributed by atoms with Gasteiger partial charge in [0.25, 0.3) is 5.69 Å². The van der Waals surface area contributed by atoms with Gasteiger partial charge in [0.2, 0.25) is 0 Å². The average molecular weight is 311 g/mol.